The summed E-state index contributed by atoms with van der Waals surface area (Å²) in [5.74, 6) is 2.31. The third-order valence-electron chi connectivity index (χ3n) is 3.91. The fourth-order valence-electron chi connectivity index (χ4n) is 2.70. The first-order valence-electron chi connectivity index (χ1n) is 7.65. The van der Waals surface area contributed by atoms with E-state index in [2.05, 4.69) is 44.3 Å². The molecule has 1 aliphatic carbocycles. The lowest BCUT2D eigenvalue weighted by molar-refractivity contribution is 0.271. The monoisotopic (exact) mass is 261 g/mol. The zero-order valence-corrected chi connectivity index (χ0v) is 12.5. The number of hydrogen-bond donors (Lipinski definition) is 1. The van der Waals surface area contributed by atoms with Crippen molar-refractivity contribution in [2.24, 2.45) is 11.8 Å². The molecule has 0 saturated heterocycles. The molecule has 0 heterocycles. The Labute approximate surface area is 117 Å². The highest BCUT2D eigenvalue weighted by atomic mass is 16.5. The largest absolute Gasteiger partial charge is 0.491 e. The van der Waals surface area contributed by atoms with Crippen LogP contribution in [0.15, 0.2) is 24.3 Å². The van der Waals surface area contributed by atoms with Crippen LogP contribution in [0.1, 0.15) is 46.5 Å². The van der Waals surface area contributed by atoms with Gasteiger partial charge in [0.05, 0.1) is 12.3 Å². The third kappa shape index (κ3) is 4.15. The van der Waals surface area contributed by atoms with E-state index in [1.165, 1.54) is 25.7 Å². The van der Waals surface area contributed by atoms with Gasteiger partial charge in [-0.3, -0.25) is 0 Å². The van der Waals surface area contributed by atoms with Crippen LogP contribution in [-0.4, -0.2) is 12.6 Å². The van der Waals surface area contributed by atoms with Crippen molar-refractivity contribution in [3.8, 4) is 5.75 Å². The molecule has 2 unspecified atom stereocenters. The minimum atomic E-state index is 0.557. The molecule has 0 aromatic heterocycles. The van der Waals surface area contributed by atoms with E-state index in [0.717, 1.165) is 24.0 Å². The molecule has 2 heteroatoms. The van der Waals surface area contributed by atoms with Crippen molar-refractivity contribution in [2.45, 2.75) is 52.5 Å². The van der Waals surface area contributed by atoms with Gasteiger partial charge in [-0.25, -0.2) is 0 Å². The van der Waals surface area contributed by atoms with E-state index < -0.39 is 0 Å². The Balaban J connectivity index is 2.02. The topological polar surface area (TPSA) is 21.3 Å². The molecule has 0 spiro atoms. The standard InChI is InChI=1S/C17H27NO/c1-13(2)12-19-17-11-7-6-10-16(17)18-15-9-5-4-8-14(15)3/h6-7,10-11,13-15,18H,4-5,8-9,12H2,1-3H3. The SMILES string of the molecule is CC(C)COc1ccccc1NC1CCCCC1C. The zero-order chi connectivity index (χ0) is 13.7. The summed E-state index contributed by atoms with van der Waals surface area (Å²) >= 11 is 0. The van der Waals surface area contributed by atoms with Gasteiger partial charge >= 0.3 is 0 Å². The summed E-state index contributed by atoms with van der Waals surface area (Å²) in [7, 11) is 0. The molecule has 106 valence electrons. The number of benzene rings is 1. The second kappa shape index (κ2) is 6.83. The third-order valence-corrected chi connectivity index (χ3v) is 3.91. The van der Waals surface area contributed by atoms with Gasteiger partial charge in [-0.2, -0.15) is 0 Å². The van der Waals surface area contributed by atoms with Gasteiger partial charge in [0.2, 0.25) is 0 Å². The molecule has 1 saturated carbocycles. The van der Waals surface area contributed by atoms with E-state index in [1.54, 1.807) is 0 Å². The molecular formula is C17H27NO. The molecule has 0 aliphatic heterocycles. The predicted octanol–water partition coefficient (Wildman–Crippen LogP) is 4.71. The normalized spacial score (nSPS) is 23.4. The summed E-state index contributed by atoms with van der Waals surface area (Å²) in [6.45, 7) is 7.49. The van der Waals surface area contributed by atoms with Crippen molar-refractivity contribution in [3.05, 3.63) is 24.3 Å². The van der Waals surface area contributed by atoms with Crippen molar-refractivity contribution in [2.75, 3.05) is 11.9 Å². The molecular weight excluding hydrogens is 234 g/mol. The molecule has 0 amide bonds. The molecule has 1 fully saturated rings. The maximum atomic E-state index is 5.91. The van der Waals surface area contributed by atoms with E-state index in [0.29, 0.717) is 12.0 Å². The fourth-order valence-corrected chi connectivity index (χ4v) is 2.70. The molecule has 2 rings (SSSR count). The molecule has 1 N–H and O–H groups in total. The van der Waals surface area contributed by atoms with Gasteiger partial charge in [-0.1, -0.05) is 45.7 Å². The van der Waals surface area contributed by atoms with Crippen molar-refractivity contribution >= 4 is 5.69 Å². The number of ether oxygens (including phenoxy) is 1. The van der Waals surface area contributed by atoms with Crippen LogP contribution >= 0.6 is 0 Å². The van der Waals surface area contributed by atoms with Gasteiger partial charge < -0.3 is 10.1 Å². The lowest BCUT2D eigenvalue weighted by Crippen LogP contribution is -2.30. The average Bonchev–Trinajstić information content (AvgIpc) is 2.40. The van der Waals surface area contributed by atoms with E-state index in [-0.39, 0.29) is 0 Å². The molecule has 2 atom stereocenters. The summed E-state index contributed by atoms with van der Waals surface area (Å²) in [5, 5.41) is 3.70. The van der Waals surface area contributed by atoms with Crippen LogP contribution in [0.25, 0.3) is 0 Å². The van der Waals surface area contributed by atoms with Gasteiger partial charge in [0, 0.05) is 6.04 Å². The Morgan fingerprint density at radius 2 is 1.95 bits per heavy atom. The van der Waals surface area contributed by atoms with Crippen molar-refractivity contribution < 1.29 is 4.74 Å². The maximum absolute atomic E-state index is 5.91. The highest BCUT2D eigenvalue weighted by molar-refractivity contribution is 5.56. The van der Waals surface area contributed by atoms with Gasteiger partial charge in [-0.05, 0) is 36.8 Å². The minimum absolute atomic E-state index is 0.557. The van der Waals surface area contributed by atoms with Crippen LogP contribution in [0.4, 0.5) is 5.69 Å². The predicted molar refractivity (Wildman–Crippen MR) is 81.8 cm³/mol. The van der Waals surface area contributed by atoms with Crippen LogP contribution in [-0.2, 0) is 0 Å². The first kappa shape index (κ1) is 14.2. The highest BCUT2D eigenvalue weighted by Crippen LogP contribution is 2.31. The molecule has 0 radical (unpaired) electrons. The Morgan fingerprint density at radius 3 is 2.68 bits per heavy atom. The number of anilines is 1. The van der Waals surface area contributed by atoms with Crippen molar-refractivity contribution in [3.63, 3.8) is 0 Å². The Kier molecular flexibility index (Phi) is 5.12. The second-order valence-electron chi connectivity index (χ2n) is 6.21. The average molecular weight is 261 g/mol. The van der Waals surface area contributed by atoms with Crippen molar-refractivity contribution in [1.82, 2.24) is 0 Å². The minimum Gasteiger partial charge on any atom is -0.491 e. The van der Waals surface area contributed by atoms with E-state index >= 15 is 0 Å². The fraction of sp³-hybridized carbons (Fsp3) is 0.647. The Bertz CT molecular complexity index is 389. The zero-order valence-electron chi connectivity index (χ0n) is 12.5. The van der Waals surface area contributed by atoms with Crippen LogP contribution < -0.4 is 10.1 Å². The molecule has 2 nitrogen and oxygen atoms in total. The summed E-state index contributed by atoms with van der Waals surface area (Å²) < 4.78 is 5.91. The first-order valence-corrected chi connectivity index (χ1v) is 7.65. The quantitative estimate of drug-likeness (QED) is 0.828. The summed E-state index contributed by atoms with van der Waals surface area (Å²) in [5.41, 5.74) is 1.15. The summed E-state index contributed by atoms with van der Waals surface area (Å²) in [6.07, 6.45) is 5.34. The van der Waals surface area contributed by atoms with E-state index in [4.69, 9.17) is 4.74 Å². The van der Waals surface area contributed by atoms with Crippen LogP contribution in [0.5, 0.6) is 5.75 Å². The van der Waals surface area contributed by atoms with Gasteiger partial charge in [0.1, 0.15) is 5.75 Å². The molecule has 0 bridgehead atoms. The number of hydrogen-bond acceptors (Lipinski definition) is 2. The number of nitrogens with one attached hydrogen (secondary N) is 1. The van der Waals surface area contributed by atoms with Crippen LogP contribution in [0, 0.1) is 11.8 Å². The maximum Gasteiger partial charge on any atom is 0.142 e. The number of rotatable bonds is 5. The van der Waals surface area contributed by atoms with Gasteiger partial charge in [0.15, 0.2) is 0 Å². The van der Waals surface area contributed by atoms with Crippen LogP contribution in [0.3, 0.4) is 0 Å². The van der Waals surface area contributed by atoms with Gasteiger partial charge in [-0.15, -0.1) is 0 Å². The lowest BCUT2D eigenvalue weighted by Gasteiger charge is -2.31. The second-order valence-corrected chi connectivity index (χ2v) is 6.21. The summed E-state index contributed by atoms with van der Waals surface area (Å²) in [6, 6.07) is 8.93. The smallest absolute Gasteiger partial charge is 0.142 e. The number of para-hydroxylation sites is 2. The molecule has 1 aromatic rings. The highest BCUT2D eigenvalue weighted by Gasteiger charge is 2.21. The lowest BCUT2D eigenvalue weighted by atomic mass is 9.86. The van der Waals surface area contributed by atoms with Gasteiger partial charge in [0.25, 0.3) is 0 Å². The van der Waals surface area contributed by atoms with E-state index in [9.17, 15) is 0 Å². The molecule has 19 heavy (non-hydrogen) atoms. The summed E-state index contributed by atoms with van der Waals surface area (Å²) in [4.78, 5) is 0. The first-order chi connectivity index (χ1) is 9.16. The van der Waals surface area contributed by atoms with Crippen molar-refractivity contribution in [1.29, 1.82) is 0 Å². The molecule has 1 aromatic carbocycles. The Morgan fingerprint density at radius 1 is 1.21 bits per heavy atom. The molecule has 1 aliphatic rings. The van der Waals surface area contributed by atoms with Crippen LogP contribution in [0.2, 0.25) is 0 Å². The van der Waals surface area contributed by atoms with E-state index in [1.807, 2.05) is 6.07 Å². The Hall–Kier alpha value is -1.18.